The molecule has 1 fully saturated rings. The van der Waals surface area contributed by atoms with Crippen molar-refractivity contribution in [2.75, 3.05) is 19.6 Å². The molecule has 0 aliphatic carbocycles. The van der Waals surface area contributed by atoms with E-state index >= 15 is 0 Å². The van der Waals surface area contributed by atoms with Crippen molar-refractivity contribution < 1.29 is 0 Å². The minimum absolute atomic E-state index is 0.968. The van der Waals surface area contributed by atoms with Crippen LogP contribution in [-0.4, -0.2) is 24.5 Å². The summed E-state index contributed by atoms with van der Waals surface area (Å²) in [7, 11) is 0. The van der Waals surface area contributed by atoms with E-state index < -0.39 is 0 Å². The summed E-state index contributed by atoms with van der Waals surface area (Å²) >= 11 is 0. The highest BCUT2D eigenvalue weighted by molar-refractivity contribution is 4.75. The zero-order valence-electron chi connectivity index (χ0n) is 19.6. The van der Waals surface area contributed by atoms with E-state index in [4.69, 9.17) is 0 Å². The van der Waals surface area contributed by atoms with Gasteiger partial charge in [0.1, 0.15) is 0 Å². The van der Waals surface area contributed by atoms with Crippen LogP contribution in [0.4, 0.5) is 0 Å². The Balaban J connectivity index is 2.15. The van der Waals surface area contributed by atoms with Crippen molar-refractivity contribution in [3.8, 4) is 0 Å². The second kappa shape index (κ2) is 16.9. The van der Waals surface area contributed by atoms with Gasteiger partial charge in [-0.1, -0.05) is 105 Å². The third-order valence-electron chi connectivity index (χ3n) is 7.17. The van der Waals surface area contributed by atoms with E-state index in [2.05, 4.69) is 32.6 Å². The van der Waals surface area contributed by atoms with Crippen molar-refractivity contribution >= 4 is 0 Å². The van der Waals surface area contributed by atoms with Gasteiger partial charge in [0, 0.05) is 6.54 Å². The van der Waals surface area contributed by atoms with Gasteiger partial charge in [-0.05, 0) is 56.5 Å². The summed E-state index contributed by atoms with van der Waals surface area (Å²) < 4.78 is 0. The van der Waals surface area contributed by atoms with Crippen LogP contribution < -0.4 is 0 Å². The first kappa shape index (κ1) is 25.0. The smallest absolute Gasteiger partial charge is 0.000966 e. The summed E-state index contributed by atoms with van der Waals surface area (Å²) in [5, 5.41) is 0. The molecular formula is C26H53N. The maximum Gasteiger partial charge on any atom is 0.000966 e. The Bertz CT molecular complexity index is 297. The zero-order valence-corrected chi connectivity index (χ0v) is 19.6. The van der Waals surface area contributed by atoms with Gasteiger partial charge >= 0.3 is 0 Å². The van der Waals surface area contributed by atoms with Gasteiger partial charge in [-0.25, -0.2) is 0 Å². The molecule has 1 aliphatic rings. The van der Waals surface area contributed by atoms with E-state index in [1.54, 1.807) is 0 Å². The maximum absolute atomic E-state index is 2.81. The number of piperidine rings is 1. The molecule has 1 heterocycles. The van der Waals surface area contributed by atoms with Crippen LogP contribution in [0.5, 0.6) is 0 Å². The van der Waals surface area contributed by atoms with Crippen molar-refractivity contribution in [2.24, 2.45) is 17.8 Å². The molecule has 0 bridgehead atoms. The molecule has 1 rings (SSSR count). The summed E-state index contributed by atoms with van der Waals surface area (Å²) in [6.07, 6.45) is 23.1. The lowest BCUT2D eigenvalue weighted by molar-refractivity contribution is 0.147. The number of rotatable bonds is 17. The van der Waals surface area contributed by atoms with Crippen LogP contribution >= 0.6 is 0 Å². The third-order valence-corrected chi connectivity index (χ3v) is 7.17. The van der Waals surface area contributed by atoms with E-state index in [0.717, 1.165) is 17.8 Å². The Morgan fingerprint density at radius 2 is 1.19 bits per heavy atom. The highest BCUT2D eigenvalue weighted by Gasteiger charge is 2.21. The summed E-state index contributed by atoms with van der Waals surface area (Å²) in [6, 6.07) is 0. The first-order valence-electron chi connectivity index (χ1n) is 13.0. The van der Waals surface area contributed by atoms with Crippen LogP contribution in [0.2, 0.25) is 0 Å². The molecule has 0 N–H and O–H groups in total. The average molecular weight is 380 g/mol. The number of likely N-dealkylation sites (tertiary alicyclic amines) is 1. The summed E-state index contributed by atoms with van der Waals surface area (Å²) in [5.74, 6) is 3.01. The number of hydrogen-bond donors (Lipinski definition) is 0. The van der Waals surface area contributed by atoms with Gasteiger partial charge in [0.2, 0.25) is 0 Å². The van der Waals surface area contributed by atoms with Crippen LogP contribution in [0, 0.1) is 17.8 Å². The zero-order chi connectivity index (χ0) is 19.7. The van der Waals surface area contributed by atoms with E-state index in [0.29, 0.717) is 0 Å². The van der Waals surface area contributed by atoms with Gasteiger partial charge in [-0.3, -0.25) is 0 Å². The number of nitrogens with zero attached hydrogens (tertiary/aromatic N) is 1. The Kier molecular flexibility index (Phi) is 15.6. The Labute approximate surface area is 173 Å². The van der Waals surface area contributed by atoms with Gasteiger partial charge < -0.3 is 4.90 Å². The second-order valence-electron chi connectivity index (χ2n) is 9.60. The van der Waals surface area contributed by atoms with Gasteiger partial charge in [-0.15, -0.1) is 0 Å². The average Bonchev–Trinajstić information content (AvgIpc) is 2.70. The Morgan fingerprint density at radius 1 is 0.667 bits per heavy atom. The molecule has 162 valence electrons. The third kappa shape index (κ3) is 12.2. The molecule has 0 aromatic rings. The van der Waals surface area contributed by atoms with Gasteiger partial charge in [-0.2, -0.15) is 0 Å². The van der Waals surface area contributed by atoms with E-state index in [1.807, 2.05) is 0 Å². The molecule has 0 aromatic heterocycles. The molecule has 1 saturated heterocycles. The fraction of sp³-hybridized carbons (Fsp3) is 1.00. The molecule has 27 heavy (non-hydrogen) atoms. The topological polar surface area (TPSA) is 3.24 Å². The first-order chi connectivity index (χ1) is 13.2. The lowest BCUT2D eigenvalue weighted by Crippen LogP contribution is -2.37. The molecule has 0 spiro atoms. The largest absolute Gasteiger partial charge is 0.303 e. The highest BCUT2D eigenvalue weighted by Crippen LogP contribution is 2.27. The van der Waals surface area contributed by atoms with E-state index in [-0.39, 0.29) is 0 Å². The standard InChI is InChI=1S/C26H53N/c1-5-9-14-24(8-4)17-12-13-18-25-19-21-27(22-20-25)23-26(15-10-6-2)16-11-7-3/h24-26H,5-23H2,1-4H3. The van der Waals surface area contributed by atoms with Gasteiger partial charge in [0.15, 0.2) is 0 Å². The molecule has 0 radical (unpaired) electrons. The molecule has 0 saturated carbocycles. The minimum Gasteiger partial charge on any atom is -0.303 e. The molecule has 0 amide bonds. The SMILES string of the molecule is CCCCC(CC)CCCCC1CCN(CC(CCCC)CCCC)CC1. The second-order valence-corrected chi connectivity index (χ2v) is 9.60. The predicted molar refractivity (Wildman–Crippen MR) is 123 cm³/mol. The number of hydrogen-bond acceptors (Lipinski definition) is 1. The molecule has 1 unspecified atom stereocenters. The van der Waals surface area contributed by atoms with Crippen LogP contribution in [0.3, 0.4) is 0 Å². The van der Waals surface area contributed by atoms with E-state index in [1.165, 1.54) is 122 Å². The summed E-state index contributed by atoms with van der Waals surface area (Å²) in [5.41, 5.74) is 0. The van der Waals surface area contributed by atoms with Crippen molar-refractivity contribution in [2.45, 2.75) is 130 Å². The predicted octanol–water partition coefficient (Wildman–Crippen LogP) is 8.47. The van der Waals surface area contributed by atoms with Crippen molar-refractivity contribution in [3.05, 3.63) is 0 Å². The lowest BCUT2D eigenvalue weighted by Gasteiger charge is -2.34. The van der Waals surface area contributed by atoms with Gasteiger partial charge in [0.25, 0.3) is 0 Å². The van der Waals surface area contributed by atoms with Gasteiger partial charge in [0.05, 0.1) is 0 Å². The number of unbranched alkanes of at least 4 members (excludes halogenated alkanes) is 4. The first-order valence-corrected chi connectivity index (χ1v) is 13.0. The van der Waals surface area contributed by atoms with Crippen molar-refractivity contribution in [3.63, 3.8) is 0 Å². The summed E-state index contributed by atoms with van der Waals surface area (Å²) in [6.45, 7) is 13.6. The Hall–Kier alpha value is -0.0400. The van der Waals surface area contributed by atoms with Crippen LogP contribution in [0.1, 0.15) is 130 Å². The summed E-state index contributed by atoms with van der Waals surface area (Å²) in [4.78, 5) is 2.81. The Morgan fingerprint density at radius 3 is 1.70 bits per heavy atom. The van der Waals surface area contributed by atoms with Crippen molar-refractivity contribution in [1.82, 2.24) is 4.90 Å². The fourth-order valence-electron chi connectivity index (χ4n) is 5.05. The lowest BCUT2D eigenvalue weighted by atomic mass is 9.88. The molecule has 1 nitrogen and oxygen atoms in total. The molecular weight excluding hydrogens is 326 g/mol. The fourth-order valence-corrected chi connectivity index (χ4v) is 5.05. The molecule has 1 heteroatoms. The van der Waals surface area contributed by atoms with Crippen molar-refractivity contribution in [1.29, 1.82) is 0 Å². The normalized spacial score (nSPS) is 17.7. The molecule has 1 aliphatic heterocycles. The monoisotopic (exact) mass is 379 g/mol. The maximum atomic E-state index is 2.81. The van der Waals surface area contributed by atoms with Crippen LogP contribution in [0.25, 0.3) is 0 Å². The van der Waals surface area contributed by atoms with E-state index in [9.17, 15) is 0 Å². The molecule has 1 atom stereocenters. The molecule has 0 aromatic carbocycles. The van der Waals surface area contributed by atoms with Crippen LogP contribution in [-0.2, 0) is 0 Å². The highest BCUT2D eigenvalue weighted by atomic mass is 15.1. The minimum atomic E-state index is 0.968. The van der Waals surface area contributed by atoms with Crippen LogP contribution in [0.15, 0.2) is 0 Å². The quantitative estimate of drug-likeness (QED) is 0.229.